The fourth-order valence-corrected chi connectivity index (χ4v) is 1.61. The lowest BCUT2D eigenvalue weighted by Crippen LogP contribution is -2.37. The number of amides is 2. The second-order valence-corrected chi connectivity index (χ2v) is 6.31. The van der Waals surface area contributed by atoms with Gasteiger partial charge in [0.1, 0.15) is 5.60 Å². The molecule has 0 aromatic heterocycles. The van der Waals surface area contributed by atoms with Gasteiger partial charge >= 0.3 is 6.09 Å². The SMILES string of the molecule is CC(CNC(=O)C#Cc1ccccc1)CNC(=O)OC(C)(C)C. The van der Waals surface area contributed by atoms with Gasteiger partial charge in [-0.2, -0.15) is 0 Å². The summed E-state index contributed by atoms with van der Waals surface area (Å²) in [5, 5.41) is 5.39. The van der Waals surface area contributed by atoms with Crippen LogP contribution in [0.1, 0.15) is 33.3 Å². The van der Waals surface area contributed by atoms with E-state index in [9.17, 15) is 9.59 Å². The van der Waals surface area contributed by atoms with Gasteiger partial charge in [-0.05, 0) is 38.8 Å². The Morgan fingerprint density at radius 2 is 1.74 bits per heavy atom. The van der Waals surface area contributed by atoms with Crippen LogP contribution in [0.2, 0.25) is 0 Å². The van der Waals surface area contributed by atoms with E-state index in [0.29, 0.717) is 13.1 Å². The van der Waals surface area contributed by atoms with Crippen LogP contribution in [0.25, 0.3) is 0 Å². The van der Waals surface area contributed by atoms with E-state index in [4.69, 9.17) is 4.74 Å². The van der Waals surface area contributed by atoms with Crippen LogP contribution in [0.5, 0.6) is 0 Å². The third-order valence-electron chi connectivity index (χ3n) is 2.70. The predicted molar refractivity (Wildman–Crippen MR) is 89.7 cm³/mol. The number of hydrogen-bond donors (Lipinski definition) is 2. The summed E-state index contributed by atoms with van der Waals surface area (Å²) >= 11 is 0. The van der Waals surface area contributed by atoms with Gasteiger partial charge in [0, 0.05) is 24.6 Å². The Morgan fingerprint density at radius 1 is 1.13 bits per heavy atom. The van der Waals surface area contributed by atoms with Crippen molar-refractivity contribution in [3.8, 4) is 11.8 Å². The van der Waals surface area contributed by atoms with E-state index in [1.807, 2.05) is 58.0 Å². The molecule has 5 nitrogen and oxygen atoms in total. The highest BCUT2D eigenvalue weighted by Gasteiger charge is 2.16. The topological polar surface area (TPSA) is 67.4 Å². The van der Waals surface area contributed by atoms with Crippen LogP contribution in [-0.4, -0.2) is 30.7 Å². The van der Waals surface area contributed by atoms with E-state index in [2.05, 4.69) is 22.5 Å². The Kier molecular flexibility index (Phi) is 7.14. The molecule has 1 rings (SSSR count). The average Bonchev–Trinajstić information content (AvgIpc) is 2.48. The van der Waals surface area contributed by atoms with Crippen molar-refractivity contribution in [3.63, 3.8) is 0 Å². The Hall–Kier alpha value is -2.48. The average molecular weight is 316 g/mol. The fraction of sp³-hybridized carbons (Fsp3) is 0.444. The van der Waals surface area contributed by atoms with Crippen molar-refractivity contribution in [3.05, 3.63) is 35.9 Å². The third kappa shape index (κ3) is 9.20. The van der Waals surface area contributed by atoms with E-state index in [-0.39, 0.29) is 11.8 Å². The first-order valence-electron chi connectivity index (χ1n) is 7.58. The van der Waals surface area contributed by atoms with Crippen LogP contribution < -0.4 is 10.6 Å². The summed E-state index contributed by atoms with van der Waals surface area (Å²) in [6.45, 7) is 8.19. The van der Waals surface area contributed by atoms with Crippen molar-refractivity contribution in [2.75, 3.05) is 13.1 Å². The second-order valence-electron chi connectivity index (χ2n) is 6.31. The molecule has 0 radical (unpaired) electrons. The Labute approximate surface area is 137 Å². The third-order valence-corrected chi connectivity index (χ3v) is 2.70. The predicted octanol–water partition coefficient (Wildman–Crippen LogP) is 2.32. The van der Waals surface area contributed by atoms with E-state index in [0.717, 1.165) is 5.56 Å². The number of alkyl carbamates (subject to hydrolysis) is 1. The molecule has 1 aromatic carbocycles. The van der Waals surface area contributed by atoms with Gasteiger partial charge in [-0.3, -0.25) is 4.79 Å². The van der Waals surface area contributed by atoms with Crippen molar-refractivity contribution in [1.82, 2.24) is 10.6 Å². The molecule has 0 aliphatic carbocycles. The van der Waals surface area contributed by atoms with Crippen LogP contribution in [0, 0.1) is 17.8 Å². The first-order chi connectivity index (χ1) is 10.8. The van der Waals surface area contributed by atoms with Crippen molar-refractivity contribution < 1.29 is 14.3 Å². The second kappa shape index (κ2) is 8.84. The van der Waals surface area contributed by atoms with Gasteiger partial charge in [-0.15, -0.1) is 0 Å². The molecule has 0 saturated heterocycles. The maximum Gasteiger partial charge on any atom is 0.407 e. The summed E-state index contributed by atoms with van der Waals surface area (Å²) in [5.41, 5.74) is 0.275. The zero-order chi connectivity index (χ0) is 17.3. The molecule has 1 aromatic rings. The van der Waals surface area contributed by atoms with Crippen LogP contribution >= 0.6 is 0 Å². The van der Waals surface area contributed by atoms with Crippen molar-refractivity contribution in [2.45, 2.75) is 33.3 Å². The molecule has 0 aliphatic rings. The highest BCUT2D eigenvalue weighted by molar-refractivity contribution is 5.94. The van der Waals surface area contributed by atoms with Gasteiger partial charge in [-0.25, -0.2) is 4.79 Å². The van der Waals surface area contributed by atoms with Gasteiger partial charge < -0.3 is 15.4 Å². The highest BCUT2D eigenvalue weighted by Crippen LogP contribution is 2.06. The number of ether oxygens (including phenoxy) is 1. The molecule has 23 heavy (non-hydrogen) atoms. The Bertz CT molecular complexity index is 580. The normalized spacial score (nSPS) is 11.7. The first-order valence-corrected chi connectivity index (χ1v) is 7.58. The minimum Gasteiger partial charge on any atom is -0.444 e. The fourth-order valence-electron chi connectivity index (χ4n) is 1.61. The molecule has 0 fully saturated rings. The molecule has 2 N–H and O–H groups in total. The van der Waals surface area contributed by atoms with Gasteiger partial charge in [0.25, 0.3) is 5.91 Å². The van der Waals surface area contributed by atoms with Crippen molar-refractivity contribution in [1.29, 1.82) is 0 Å². The smallest absolute Gasteiger partial charge is 0.407 e. The lowest BCUT2D eigenvalue weighted by atomic mass is 10.2. The summed E-state index contributed by atoms with van der Waals surface area (Å²) in [6, 6.07) is 9.31. The van der Waals surface area contributed by atoms with E-state index < -0.39 is 11.7 Å². The maximum atomic E-state index is 11.6. The Balaban J connectivity index is 2.28. The Morgan fingerprint density at radius 3 is 2.35 bits per heavy atom. The number of hydrogen-bond acceptors (Lipinski definition) is 3. The van der Waals surface area contributed by atoms with Crippen LogP contribution in [0.15, 0.2) is 30.3 Å². The summed E-state index contributed by atoms with van der Waals surface area (Å²) in [7, 11) is 0. The van der Waals surface area contributed by atoms with Crippen LogP contribution in [0.3, 0.4) is 0 Å². The van der Waals surface area contributed by atoms with Crippen molar-refractivity contribution in [2.24, 2.45) is 5.92 Å². The molecular weight excluding hydrogens is 292 g/mol. The highest BCUT2D eigenvalue weighted by atomic mass is 16.6. The van der Waals surface area contributed by atoms with Crippen LogP contribution in [0.4, 0.5) is 4.79 Å². The molecule has 0 aliphatic heterocycles. The largest absolute Gasteiger partial charge is 0.444 e. The van der Waals surface area contributed by atoms with Gasteiger partial charge in [-0.1, -0.05) is 31.0 Å². The van der Waals surface area contributed by atoms with Crippen molar-refractivity contribution >= 4 is 12.0 Å². The van der Waals surface area contributed by atoms with E-state index in [1.165, 1.54) is 0 Å². The summed E-state index contributed by atoms with van der Waals surface area (Å²) in [6.07, 6.45) is -0.459. The lowest BCUT2D eigenvalue weighted by Gasteiger charge is -2.20. The van der Waals surface area contributed by atoms with Gasteiger partial charge in [0.15, 0.2) is 0 Å². The maximum absolute atomic E-state index is 11.6. The van der Waals surface area contributed by atoms with E-state index >= 15 is 0 Å². The zero-order valence-electron chi connectivity index (χ0n) is 14.1. The molecule has 0 heterocycles. The quantitative estimate of drug-likeness (QED) is 0.838. The standard InChI is InChI=1S/C18H24N2O3/c1-14(13-20-17(22)23-18(2,3)4)12-19-16(21)11-10-15-8-6-5-7-9-15/h5-9,14H,12-13H2,1-4H3,(H,19,21)(H,20,22). The molecule has 1 atom stereocenters. The summed E-state index contributed by atoms with van der Waals surface area (Å²) < 4.78 is 5.14. The number of benzene rings is 1. The lowest BCUT2D eigenvalue weighted by molar-refractivity contribution is -0.115. The number of nitrogens with one attached hydrogen (secondary N) is 2. The molecule has 5 heteroatoms. The molecule has 0 bridgehead atoms. The number of carbonyl (C=O) groups is 2. The first kappa shape index (κ1) is 18.6. The minimum absolute atomic E-state index is 0.0741. The number of rotatable bonds is 4. The monoisotopic (exact) mass is 316 g/mol. The molecule has 1 unspecified atom stereocenters. The summed E-state index contributed by atoms with van der Waals surface area (Å²) in [4.78, 5) is 23.2. The molecule has 0 spiro atoms. The molecule has 124 valence electrons. The number of carbonyl (C=O) groups excluding carboxylic acids is 2. The summed E-state index contributed by atoms with van der Waals surface area (Å²) in [5.74, 6) is 5.07. The molecule has 0 saturated carbocycles. The van der Waals surface area contributed by atoms with Gasteiger partial charge in [0.05, 0.1) is 0 Å². The molecular formula is C18H24N2O3. The zero-order valence-corrected chi connectivity index (χ0v) is 14.1. The molecule has 2 amide bonds. The minimum atomic E-state index is -0.519. The van der Waals surface area contributed by atoms with Crippen LogP contribution in [-0.2, 0) is 9.53 Å². The van der Waals surface area contributed by atoms with E-state index in [1.54, 1.807) is 0 Å². The van der Waals surface area contributed by atoms with Gasteiger partial charge in [0.2, 0.25) is 0 Å².